The van der Waals surface area contributed by atoms with Crippen LogP contribution >= 0.6 is 0 Å². The van der Waals surface area contributed by atoms with Gasteiger partial charge in [0.15, 0.2) is 0 Å². The number of carbonyl (C=O) groups excluding carboxylic acids is 2. The Labute approximate surface area is 87.0 Å². The summed E-state index contributed by atoms with van der Waals surface area (Å²) in [4.78, 5) is 22.4. The van der Waals surface area contributed by atoms with E-state index in [0.29, 0.717) is 17.0 Å². The molecular weight excluding hydrogens is 198 g/mol. The summed E-state index contributed by atoms with van der Waals surface area (Å²) in [5, 5.41) is 9.02. The summed E-state index contributed by atoms with van der Waals surface area (Å²) in [6.07, 6.45) is 0. The molecule has 2 N–H and O–H groups in total. The molecule has 0 unspecified atom stereocenters. The first-order valence-corrected chi connectivity index (χ1v) is 4.42. The molecule has 6 heteroatoms. The molecule has 1 rings (SSSR count). The molecule has 1 aromatic heterocycles. The van der Waals surface area contributed by atoms with Crippen molar-refractivity contribution in [2.45, 2.75) is 13.8 Å². The van der Waals surface area contributed by atoms with E-state index in [4.69, 9.17) is 0 Å². The van der Waals surface area contributed by atoms with E-state index in [1.54, 1.807) is 13.8 Å². The highest BCUT2D eigenvalue weighted by Crippen LogP contribution is 2.08. The number of esters is 1. The van der Waals surface area contributed by atoms with Crippen LogP contribution in [0, 0.1) is 13.8 Å². The normalized spacial score (nSPS) is 9.80. The Balaban J connectivity index is 2.66. The van der Waals surface area contributed by atoms with Gasteiger partial charge in [-0.15, -0.1) is 0 Å². The van der Waals surface area contributed by atoms with Crippen LogP contribution in [0.3, 0.4) is 0 Å². The van der Waals surface area contributed by atoms with E-state index < -0.39 is 5.97 Å². The van der Waals surface area contributed by atoms with Gasteiger partial charge in [-0.2, -0.15) is 5.10 Å². The van der Waals surface area contributed by atoms with Crippen LogP contribution in [0.1, 0.15) is 21.7 Å². The van der Waals surface area contributed by atoms with Gasteiger partial charge in [-0.25, -0.2) is 0 Å². The number of nitrogens with one attached hydrogen (secondary N) is 2. The number of nitrogens with zero attached hydrogens (tertiary/aromatic N) is 1. The maximum absolute atomic E-state index is 11.6. The van der Waals surface area contributed by atoms with E-state index in [9.17, 15) is 9.59 Å². The fourth-order valence-electron chi connectivity index (χ4n) is 1.20. The number of aryl methyl sites for hydroxylation is 2. The fraction of sp³-hybridized carbons (Fsp3) is 0.444. The van der Waals surface area contributed by atoms with Gasteiger partial charge >= 0.3 is 5.97 Å². The Morgan fingerprint density at radius 3 is 2.60 bits per heavy atom. The zero-order valence-corrected chi connectivity index (χ0v) is 8.88. The van der Waals surface area contributed by atoms with Gasteiger partial charge in [0.25, 0.3) is 5.91 Å². The molecule has 82 valence electrons. The molecule has 1 heterocycles. The SMILES string of the molecule is COC(=O)CNC(=O)c1c(C)n[nH]c1C. The first-order valence-electron chi connectivity index (χ1n) is 4.42. The topological polar surface area (TPSA) is 84.1 Å². The smallest absolute Gasteiger partial charge is 0.325 e. The Bertz CT molecular complexity index is 364. The number of H-pyrrole nitrogens is 1. The first kappa shape index (κ1) is 11.2. The summed E-state index contributed by atoms with van der Waals surface area (Å²) in [7, 11) is 1.27. The molecule has 0 saturated carbocycles. The third-order valence-electron chi connectivity index (χ3n) is 1.98. The number of methoxy groups -OCH3 is 1. The lowest BCUT2D eigenvalue weighted by atomic mass is 10.2. The molecule has 0 atom stereocenters. The zero-order valence-electron chi connectivity index (χ0n) is 8.88. The highest BCUT2D eigenvalue weighted by Gasteiger charge is 2.15. The van der Waals surface area contributed by atoms with E-state index in [2.05, 4.69) is 20.3 Å². The van der Waals surface area contributed by atoms with Crippen LogP contribution in [-0.2, 0) is 9.53 Å². The van der Waals surface area contributed by atoms with E-state index >= 15 is 0 Å². The van der Waals surface area contributed by atoms with Crippen molar-refractivity contribution < 1.29 is 14.3 Å². The van der Waals surface area contributed by atoms with E-state index in [1.165, 1.54) is 7.11 Å². The summed E-state index contributed by atoms with van der Waals surface area (Å²) >= 11 is 0. The van der Waals surface area contributed by atoms with Gasteiger partial charge in [0.1, 0.15) is 6.54 Å². The van der Waals surface area contributed by atoms with Crippen molar-refractivity contribution in [3.63, 3.8) is 0 Å². The molecule has 0 aliphatic heterocycles. The van der Waals surface area contributed by atoms with Crippen molar-refractivity contribution in [2.24, 2.45) is 0 Å². The van der Waals surface area contributed by atoms with Crippen molar-refractivity contribution in [2.75, 3.05) is 13.7 Å². The Morgan fingerprint density at radius 1 is 1.47 bits per heavy atom. The summed E-state index contributed by atoms with van der Waals surface area (Å²) < 4.78 is 4.40. The number of ether oxygens (including phenoxy) is 1. The van der Waals surface area contributed by atoms with E-state index in [0.717, 1.165) is 0 Å². The molecule has 0 saturated heterocycles. The van der Waals surface area contributed by atoms with Gasteiger partial charge in [-0.05, 0) is 13.8 Å². The van der Waals surface area contributed by atoms with Crippen LogP contribution in [0.25, 0.3) is 0 Å². The minimum atomic E-state index is -0.484. The lowest BCUT2D eigenvalue weighted by Crippen LogP contribution is -2.30. The Kier molecular flexibility index (Phi) is 3.43. The maximum Gasteiger partial charge on any atom is 0.325 e. The maximum atomic E-state index is 11.6. The van der Waals surface area contributed by atoms with Gasteiger partial charge in [0.2, 0.25) is 0 Å². The molecule has 0 radical (unpaired) electrons. The summed E-state index contributed by atoms with van der Waals surface area (Å²) in [6, 6.07) is 0. The first-order chi connectivity index (χ1) is 7.06. The number of rotatable bonds is 3. The van der Waals surface area contributed by atoms with Crippen LogP contribution in [0.4, 0.5) is 0 Å². The van der Waals surface area contributed by atoms with E-state index in [-0.39, 0.29) is 12.5 Å². The summed E-state index contributed by atoms with van der Waals surface area (Å²) in [5.41, 5.74) is 1.75. The molecule has 0 aromatic carbocycles. The van der Waals surface area contributed by atoms with Gasteiger partial charge in [0.05, 0.1) is 18.4 Å². The summed E-state index contributed by atoms with van der Waals surface area (Å²) in [6.45, 7) is 3.32. The van der Waals surface area contributed by atoms with Crippen LogP contribution in [0.15, 0.2) is 0 Å². The highest BCUT2D eigenvalue weighted by molar-refractivity contribution is 5.97. The third kappa shape index (κ3) is 2.55. The van der Waals surface area contributed by atoms with Crippen LogP contribution < -0.4 is 5.32 Å². The van der Waals surface area contributed by atoms with Crippen molar-refractivity contribution in [1.82, 2.24) is 15.5 Å². The van der Waals surface area contributed by atoms with Gasteiger partial charge < -0.3 is 10.1 Å². The number of carbonyl (C=O) groups is 2. The molecule has 15 heavy (non-hydrogen) atoms. The molecule has 0 spiro atoms. The minimum absolute atomic E-state index is 0.139. The van der Waals surface area contributed by atoms with Crippen molar-refractivity contribution in [3.05, 3.63) is 17.0 Å². The average Bonchev–Trinajstić information content (AvgIpc) is 2.54. The van der Waals surface area contributed by atoms with Crippen LogP contribution in [0.5, 0.6) is 0 Å². The highest BCUT2D eigenvalue weighted by atomic mass is 16.5. The standard InChI is InChI=1S/C9H13N3O3/c1-5-8(6(2)12-11-5)9(14)10-4-7(13)15-3/h4H2,1-3H3,(H,10,14)(H,11,12). The molecule has 0 aliphatic rings. The molecule has 1 amide bonds. The number of hydrogen-bond donors (Lipinski definition) is 2. The second-order valence-electron chi connectivity index (χ2n) is 3.07. The lowest BCUT2D eigenvalue weighted by Gasteiger charge is -2.03. The number of aromatic nitrogens is 2. The van der Waals surface area contributed by atoms with Crippen molar-refractivity contribution in [1.29, 1.82) is 0 Å². The quantitative estimate of drug-likeness (QED) is 0.685. The molecule has 0 bridgehead atoms. The second-order valence-corrected chi connectivity index (χ2v) is 3.07. The predicted octanol–water partition coefficient (Wildman–Crippen LogP) is -0.0707. The summed E-state index contributed by atoms with van der Waals surface area (Å²) in [5.74, 6) is -0.814. The Morgan fingerprint density at radius 2 is 2.13 bits per heavy atom. The third-order valence-corrected chi connectivity index (χ3v) is 1.98. The van der Waals surface area contributed by atoms with Crippen molar-refractivity contribution >= 4 is 11.9 Å². The fourth-order valence-corrected chi connectivity index (χ4v) is 1.20. The van der Waals surface area contributed by atoms with Gasteiger partial charge in [0, 0.05) is 5.69 Å². The van der Waals surface area contributed by atoms with E-state index in [1.807, 2.05) is 0 Å². The van der Waals surface area contributed by atoms with Gasteiger partial charge in [-0.3, -0.25) is 14.7 Å². The number of hydrogen-bond acceptors (Lipinski definition) is 4. The van der Waals surface area contributed by atoms with Crippen LogP contribution in [-0.4, -0.2) is 35.7 Å². The predicted molar refractivity (Wildman–Crippen MR) is 52.4 cm³/mol. The monoisotopic (exact) mass is 211 g/mol. The Hall–Kier alpha value is -1.85. The zero-order chi connectivity index (χ0) is 11.4. The average molecular weight is 211 g/mol. The molecule has 1 aromatic rings. The van der Waals surface area contributed by atoms with Crippen molar-refractivity contribution in [3.8, 4) is 0 Å². The number of amides is 1. The molecular formula is C9H13N3O3. The minimum Gasteiger partial charge on any atom is -0.468 e. The van der Waals surface area contributed by atoms with Crippen LogP contribution in [0.2, 0.25) is 0 Å². The largest absolute Gasteiger partial charge is 0.468 e. The molecule has 0 aliphatic carbocycles. The second kappa shape index (κ2) is 4.59. The number of aromatic amines is 1. The lowest BCUT2D eigenvalue weighted by molar-refractivity contribution is -0.139. The molecule has 6 nitrogen and oxygen atoms in total. The van der Waals surface area contributed by atoms with Gasteiger partial charge in [-0.1, -0.05) is 0 Å². The molecule has 0 fully saturated rings.